The van der Waals surface area contributed by atoms with E-state index in [0.717, 1.165) is 11.1 Å². The predicted octanol–water partition coefficient (Wildman–Crippen LogP) is 4.17. The molecule has 0 saturated carbocycles. The number of esters is 1. The lowest BCUT2D eigenvalue weighted by Crippen LogP contribution is -2.29. The van der Waals surface area contributed by atoms with Crippen LogP contribution in [-0.2, 0) is 20.9 Å². The van der Waals surface area contributed by atoms with E-state index in [9.17, 15) is 9.59 Å². The number of nitrogens with one attached hydrogen (secondary N) is 1. The van der Waals surface area contributed by atoms with Crippen LogP contribution in [0.15, 0.2) is 73.1 Å². The Labute approximate surface area is 173 Å². The third-order valence-corrected chi connectivity index (χ3v) is 4.28. The average molecular weight is 410 g/mol. The van der Waals surface area contributed by atoms with Crippen LogP contribution in [0.25, 0.3) is 6.08 Å². The van der Waals surface area contributed by atoms with Crippen molar-refractivity contribution in [3.05, 3.63) is 89.2 Å². The van der Waals surface area contributed by atoms with Gasteiger partial charge in [0.25, 0.3) is 5.91 Å². The topological polar surface area (TPSA) is 73.2 Å². The number of aromatic nitrogens is 2. The molecule has 7 heteroatoms. The summed E-state index contributed by atoms with van der Waals surface area (Å²) in [4.78, 5) is 24.1. The van der Waals surface area contributed by atoms with Crippen LogP contribution in [0, 0.1) is 0 Å². The molecule has 0 bridgehead atoms. The van der Waals surface area contributed by atoms with Crippen LogP contribution in [0.2, 0.25) is 5.02 Å². The number of anilines is 1. The van der Waals surface area contributed by atoms with Gasteiger partial charge >= 0.3 is 5.97 Å². The van der Waals surface area contributed by atoms with Crippen LogP contribution in [-0.4, -0.2) is 27.8 Å². The lowest BCUT2D eigenvalue weighted by atomic mass is 10.2. The van der Waals surface area contributed by atoms with Crippen molar-refractivity contribution in [2.24, 2.45) is 0 Å². The van der Waals surface area contributed by atoms with Crippen molar-refractivity contribution in [3.63, 3.8) is 0 Å². The Balaban J connectivity index is 1.50. The standard InChI is InChI=1S/C22H20ClN3O3/c1-16(22(28)25-20-10-8-19(23)9-11-20)29-21(27)12-7-18-13-24-26(15-18)14-17-5-3-2-4-6-17/h2-13,15-16H,14H2,1H3,(H,25,28)/b12-7+/t16-/m0/s1. The van der Waals surface area contributed by atoms with Crippen molar-refractivity contribution < 1.29 is 14.3 Å². The molecule has 1 atom stereocenters. The lowest BCUT2D eigenvalue weighted by molar-refractivity contribution is -0.148. The van der Waals surface area contributed by atoms with Crippen LogP contribution in [0.5, 0.6) is 0 Å². The zero-order valence-corrected chi connectivity index (χ0v) is 16.5. The summed E-state index contributed by atoms with van der Waals surface area (Å²) in [6.07, 6.45) is 5.41. The van der Waals surface area contributed by atoms with E-state index in [2.05, 4.69) is 10.4 Å². The van der Waals surface area contributed by atoms with Gasteiger partial charge in [-0.25, -0.2) is 4.79 Å². The van der Waals surface area contributed by atoms with Crippen LogP contribution in [0.3, 0.4) is 0 Å². The number of hydrogen-bond acceptors (Lipinski definition) is 4. The van der Waals surface area contributed by atoms with E-state index in [1.807, 2.05) is 36.5 Å². The number of benzene rings is 2. The summed E-state index contributed by atoms with van der Waals surface area (Å²) in [5.41, 5.74) is 2.46. The first-order valence-corrected chi connectivity index (χ1v) is 9.39. The summed E-state index contributed by atoms with van der Waals surface area (Å²) in [5.74, 6) is -1.04. The van der Waals surface area contributed by atoms with E-state index in [1.54, 1.807) is 41.2 Å². The number of amides is 1. The summed E-state index contributed by atoms with van der Waals surface area (Å²) < 4.78 is 6.92. The first kappa shape index (κ1) is 20.4. The van der Waals surface area contributed by atoms with Crippen LogP contribution < -0.4 is 5.32 Å². The number of hydrogen-bond donors (Lipinski definition) is 1. The first-order valence-electron chi connectivity index (χ1n) is 9.01. The first-order chi connectivity index (χ1) is 14.0. The maximum Gasteiger partial charge on any atom is 0.331 e. The highest BCUT2D eigenvalue weighted by Gasteiger charge is 2.16. The Hall–Kier alpha value is -3.38. The molecule has 1 amide bonds. The van der Waals surface area contributed by atoms with Gasteiger partial charge in [-0.3, -0.25) is 9.48 Å². The Morgan fingerprint density at radius 3 is 2.62 bits per heavy atom. The summed E-state index contributed by atoms with van der Waals surface area (Å²) in [6, 6.07) is 16.6. The van der Waals surface area contributed by atoms with Gasteiger partial charge in [-0.05, 0) is 42.8 Å². The highest BCUT2D eigenvalue weighted by molar-refractivity contribution is 6.30. The van der Waals surface area contributed by atoms with Gasteiger partial charge in [0.05, 0.1) is 12.7 Å². The fourth-order valence-electron chi connectivity index (χ4n) is 2.53. The Bertz CT molecular complexity index is 998. The van der Waals surface area contributed by atoms with Crippen molar-refractivity contribution in [2.45, 2.75) is 19.6 Å². The van der Waals surface area contributed by atoms with Crippen LogP contribution in [0.4, 0.5) is 5.69 Å². The van der Waals surface area contributed by atoms with E-state index >= 15 is 0 Å². The largest absolute Gasteiger partial charge is 0.449 e. The van der Waals surface area contributed by atoms with Gasteiger partial charge in [0.15, 0.2) is 6.10 Å². The number of rotatable bonds is 7. The second-order valence-corrected chi connectivity index (χ2v) is 6.80. The third-order valence-electron chi connectivity index (χ3n) is 4.03. The molecule has 0 fully saturated rings. The molecule has 29 heavy (non-hydrogen) atoms. The van der Waals surface area contributed by atoms with Crippen LogP contribution in [0.1, 0.15) is 18.1 Å². The summed E-state index contributed by atoms with van der Waals surface area (Å²) in [5, 5.41) is 7.50. The minimum absolute atomic E-state index is 0.426. The number of halogens is 1. The number of ether oxygens (including phenoxy) is 1. The Morgan fingerprint density at radius 1 is 1.17 bits per heavy atom. The Kier molecular flexibility index (Phi) is 6.81. The minimum Gasteiger partial charge on any atom is -0.449 e. The minimum atomic E-state index is -0.941. The summed E-state index contributed by atoms with van der Waals surface area (Å²) in [7, 11) is 0. The molecule has 0 saturated heterocycles. The zero-order valence-electron chi connectivity index (χ0n) is 15.8. The molecule has 148 valence electrons. The van der Waals surface area contributed by atoms with E-state index in [1.165, 1.54) is 13.0 Å². The van der Waals surface area contributed by atoms with Crippen molar-refractivity contribution in [2.75, 3.05) is 5.32 Å². The smallest absolute Gasteiger partial charge is 0.331 e. The normalized spacial score (nSPS) is 11.9. The molecule has 0 aliphatic rings. The molecule has 0 aliphatic heterocycles. The molecule has 1 aromatic heterocycles. The van der Waals surface area contributed by atoms with E-state index in [0.29, 0.717) is 17.3 Å². The molecule has 0 unspecified atom stereocenters. The molecule has 3 rings (SSSR count). The fourth-order valence-corrected chi connectivity index (χ4v) is 2.66. The molecule has 1 N–H and O–H groups in total. The monoisotopic (exact) mass is 409 g/mol. The number of carbonyl (C=O) groups is 2. The molecule has 1 heterocycles. The van der Waals surface area contributed by atoms with Gasteiger partial charge < -0.3 is 10.1 Å². The molecule has 0 radical (unpaired) electrons. The van der Waals surface area contributed by atoms with Crippen LogP contribution >= 0.6 is 11.6 Å². The van der Waals surface area contributed by atoms with Crippen molar-refractivity contribution in [3.8, 4) is 0 Å². The molecule has 0 spiro atoms. The number of carbonyl (C=O) groups excluding carboxylic acids is 2. The van der Waals surface area contributed by atoms with E-state index < -0.39 is 18.0 Å². The highest BCUT2D eigenvalue weighted by Crippen LogP contribution is 2.14. The lowest BCUT2D eigenvalue weighted by Gasteiger charge is -2.12. The number of nitrogens with zero attached hydrogens (tertiary/aromatic N) is 2. The molecule has 2 aromatic carbocycles. The van der Waals surface area contributed by atoms with Gasteiger partial charge in [-0.1, -0.05) is 41.9 Å². The predicted molar refractivity (Wildman–Crippen MR) is 112 cm³/mol. The summed E-state index contributed by atoms with van der Waals surface area (Å²) in [6.45, 7) is 2.15. The van der Waals surface area contributed by atoms with Gasteiger partial charge in [-0.15, -0.1) is 0 Å². The molecular formula is C22H20ClN3O3. The van der Waals surface area contributed by atoms with E-state index in [4.69, 9.17) is 16.3 Å². The van der Waals surface area contributed by atoms with E-state index in [-0.39, 0.29) is 0 Å². The second-order valence-electron chi connectivity index (χ2n) is 6.37. The SMILES string of the molecule is C[C@H](OC(=O)/C=C/c1cnn(Cc2ccccc2)c1)C(=O)Nc1ccc(Cl)cc1. The van der Waals surface area contributed by atoms with Crippen molar-refractivity contribution >= 4 is 35.2 Å². The van der Waals surface area contributed by atoms with Crippen molar-refractivity contribution in [1.29, 1.82) is 0 Å². The van der Waals surface area contributed by atoms with Gasteiger partial charge in [0.2, 0.25) is 0 Å². The average Bonchev–Trinajstić information content (AvgIpc) is 3.16. The molecule has 0 aliphatic carbocycles. The van der Waals surface area contributed by atoms with Gasteiger partial charge in [-0.2, -0.15) is 5.10 Å². The highest BCUT2D eigenvalue weighted by atomic mass is 35.5. The van der Waals surface area contributed by atoms with Crippen molar-refractivity contribution in [1.82, 2.24) is 9.78 Å². The Morgan fingerprint density at radius 2 is 1.90 bits per heavy atom. The molecular weight excluding hydrogens is 390 g/mol. The third kappa shape index (κ3) is 6.33. The molecule has 3 aromatic rings. The quantitative estimate of drug-likeness (QED) is 0.469. The summed E-state index contributed by atoms with van der Waals surface area (Å²) >= 11 is 5.81. The van der Waals surface area contributed by atoms with Gasteiger partial charge in [0, 0.05) is 28.5 Å². The maximum atomic E-state index is 12.1. The van der Waals surface area contributed by atoms with Gasteiger partial charge in [0.1, 0.15) is 0 Å². The second kappa shape index (κ2) is 9.71. The maximum absolute atomic E-state index is 12.1. The molecule has 6 nitrogen and oxygen atoms in total. The fraction of sp³-hybridized carbons (Fsp3) is 0.136. The zero-order chi connectivity index (χ0) is 20.6.